The molecule has 0 bridgehead atoms. The summed E-state index contributed by atoms with van der Waals surface area (Å²) >= 11 is 0. The summed E-state index contributed by atoms with van der Waals surface area (Å²) in [6.45, 7) is 2.29. The number of aromatic hydroxyl groups is 2. The number of phenols is 2. The van der Waals surface area contributed by atoms with E-state index in [2.05, 4.69) is 6.92 Å². The van der Waals surface area contributed by atoms with E-state index in [-0.39, 0.29) is 5.41 Å². The van der Waals surface area contributed by atoms with Crippen LogP contribution in [0.15, 0.2) is 48.5 Å². The minimum atomic E-state index is -0.0938. The molecule has 0 spiro atoms. The Bertz CT molecular complexity index is 576. The third kappa shape index (κ3) is 3.52. The zero-order valence-corrected chi connectivity index (χ0v) is 13.8. The highest BCUT2D eigenvalue weighted by molar-refractivity contribution is 5.42. The fourth-order valence-corrected chi connectivity index (χ4v) is 4.03. The van der Waals surface area contributed by atoms with E-state index in [1.54, 1.807) is 24.3 Å². The highest BCUT2D eigenvalue weighted by atomic mass is 16.3. The predicted molar refractivity (Wildman–Crippen MR) is 93.9 cm³/mol. The molecule has 0 aromatic heterocycles. The van der Waals surface area contributed by atoms with E-state index in [0.29, 0.717) is 11.5 Å². The molecule has 122 valence electrons. The highest BCUT2D eigenvalue weighted by Gasteiger charge is 2.32. The number of rotatable bonds is 4. The summed E-state index contributed by atoms with van der Waals surface area (Å²) in [6, 6.07) is 15.2. The second kappa shape index (κ2) is 6.66. The van der Waals surface area contributed by atoms with Crippen molar-refractivity contribution >= 4 is 0 Å². The van der Waals surface area contributed by atoms with Crippen LogP contribution in [0, 0.1) is 5.92 Å². The first-order chi connectivity index (χ1) is 11.1. The van der Waals surface area contributed by atoms with Crippen LogP contribution in [0.5, 0.6) is 11.5 Å². The van der Waals surface area contributed by atoms with Crippen LogP contribution in [0.2, 0.25) is 0 Å². The first kappa shape index (κ1) is 15.9. The Morgan fingerprint density at radius 2 is 1.22 bits per heavy atom. The summed E-state index contributed by atoms with van der Waals surface area (Å²) in [5.74, 6) is 1.36. The Kier molecular flexibility index (Phi) is 4.61. The van der Waals surface area contributed by atoms with E-state index < -0.39 is 0 Å². The van der Waals surface area contributed by atoms with Crippen LogP contribution in [0.1, 0.15) is 56.6 Å². The molecule has 2 N–H and O–H groups in total. The Balaban J connectivity index is 1.97. The van der Waals surface area contributed by atoms with Crippen molar-refractivity contribution in [1.82, 2.24) is 0 Å². The van der Waals surface area contributed by atoms with Gasteiger partial charge in [-0.05, 0) is 47.7 Å². The van der Waals surface area contributed by atoms with Crippen molar-refractivity contribution in [2.45, 2.75) is 50.9 Å². The van der Waals surface area contributed by atoms with Crippen LogP contribution < -0.4 is 0 Å². The molecule has 1 aliphatic carbocycles. The van der Waals surface area contributed by atoms with Gasteiger partial charge in [0, 0.05) is 5.41 Å². The maximum Gasteiger partial charge on any atom is 0.115 e. The highest BCUT2D eigenvalue weighted by Crippen LogP contribution is 2.42. The van der Waals surface area contributed by atoms with Crippen LogP contribution in [0.25, 0.3) is 0 Å². The average Bonchev–Trinajstić information content (AvgIpc) is 2.57. The molecule has 0 heterocycles. The molecule has 0 unspecified atom stereocenters. The van der Waals surface area contributed by atoms with Crippen molar-refractivity contribution < 1.29 is 10.2 Å². The molecule has 2 aromatic rings. The molecule has 2 heteroatoms. The Hall–Kier alpha value is -1.96. The molecule has 0 saturated heterocycles. The maximum absolute atomic E-state index is 9.62. The van der Waals surface area contributed by atoms with Gasteiger partial charge in [-0.3, -0.25) is 0 Å². The Morgan fingerprint density at radius 3 is 1.65 bits per heavy atom. The molecule has 23 heavy (non-hydrogen) atoms. The van der Waals surface area contributed by atoms with Crippen molar-refractivity contribution in [1.29, 1.82) is 0 Å². The topological polar surface area (TPSA) is 40.5 Å². The van der Waals surface area contributed by atoms with Crippen LogP contribution in [0.3, 0.4) is 0 Å². The number of hydrogen-bond donors (Lipinski definition) is 2. The second-order valence-electron chi connectivity index (χ2n) is 7.13. The van der Waals surface area contributed by atoms with Gasteiger partial charge >= 0.3 is 0 Å². The Labute approximate surface area is 138 Å². The number of hydrogen-bond acceptors (Lipinski definition) is 2. The first-order valence-electron chi connectivity index (χ1n) is 8.67. The first-order valence-corrected chi connectivity index (χ1v) is 8.67. The molecule has 2 aromatic carbocycles. The minimum Gasteiger partial charge on any atom is -0.508 e. The molecule has 1 aliphatic rings. The largest absolute Gasteiger partial charge is 0.508 e. The van der Waals surface area contributed by atoms with Crippen molar-refractivity contribution in [2.24, 2.45) is 5.92 Å². The second-order valence-corrected chi connectivity index (χ2v) is 7.13. The third-order valence-corrected chi connectivity index (χ3v) is 5.43. The maximum atomic E-state index is 9.62. The van der Waals surface area contributed by atoms with Gasteiger partial charge in [-0.25, -0.2) is 0 Å². The summed E-state index contributed by atoms with van der Waals surface area (Å²) in [5.41, 5.74) is 2.36. The molecule has 1 saturated carbocycles. The number of benzene rings is 2. The van der Waals surface area contributed by atoms with Crippen LogP contribution >= 0.6 is 0 Å². The molecule has 0 atom stereocenters. The van der Waals surface area contributed by atoms with E-state index in [9.17, 15) is 10.2 Å². The van der Waals surface area contributed by atoms with Crippen molar-refractivity contribution in [2.75, 3.05) is 0 Å². The summed E-state index contributed by atoms with van der Waals surface area (Å²) < 4.78 is 0. The minimum absolute atomic E-state index is 0.0938. The van der Waals surface area contributed by atoms with E-state index in [1.807, 2.05) is 24.3 Å². The smallest absolute Gasteiger partial charge is 0.115 e. The molecule has 3 rings (SSSR count). The van der Waals surface area contributed by atoms with Gasteiger partial charge in [-0.15, -0.1) is 0 Å². The van der Waals surface area contributed by atoms with Crippen LogP contribution in [0.4, 0.5) is 0 Å². The van der Waals surface area contributed by atoms with E-state index in [1.165, 1.54) is 43.2 Å². The van der Waals surface area contributed by atoms with Crippen molar-refractivity contribution in [3.8, 4) is 11.5 Å². The molecule has 1 fully saturated rings. The normalized spacial score (nSPS) is 16.4. The van der Waals surface area contributed by atoms with Gasteiger partial charge in [0.25, 0.3) is 0 Å². The summed E-state index contributed by atoms with van der Waals surface area (Å²) in [6.07, 6.45) is 7.78. The molecular formula is C21H26O2. The van der Waals surface area contributed by atoms with Gasteiger partial charge in [-0.1, -0.05) is 63.3 Å². The van der Waals surface area contributed by atoms with Gasteiger partial charge < -0.3 is 10.2 Å². The van der Waals surface area contributed by atoms with E-state index >= 15 is 0 Å². The van der Waals surface area contributed by atoms with Crippen LogP contribution in [-0.4, -0.2) is 10.2 Å². The molecule has 0 radical (unpaired) electrons. The molecule has 2 nitrogen and oxygen atoms in total. The monoisotopic (exact) mass is 310 g/mol. The van der Waals surface area contributed by atoms with E-state index in [0.717, 1.165) is 12.3 Å². The predicted octanol–water partition coefficient (Wildman–Crippen LogP) is 5.37. The molecular weight excluding hydrogens is 284 g/mol. The summed E-state index contributed by atoms with van der Waals surface area (Å²) in [4.78, 5) is 0. The van der Waals surface area contributed by atoms with Crippen molar-refractivity contribution in [3.63, 3.8) is 0 Å². The SMILES string of the molecule is CC(CC1CCCCC1)(c1ccc(O)cc1)c1ccc(O)cc1. The number of phenolic OH excluding ortho intramolecular Hbond substituents is 2. The molecule has 0 amide bonds. The van der Waals surface area contributed by atoms with Crippen LogP contribution in [-0.2, 0) is 5.41 Å². The Morgan fingerprint density at radius 1 is 0.783 bits per heavy atom. The van der Waals surface area contributed by atoms with Gasteiger partial charge in [0.05, 0.1) is 0 Å². The third-order valence-electron chi connectivity index (χ3n) is 5.43. The van der Waals surface area contributed by atoms with Crippen molar-refractivity contribution in [3.05, 3.63) is 59.7 Å². The lowest BCUT2D eigenvalue weighted by Crippen LogP contribution is -2.28. The average molecular weight is 310 g/mol. The fraction of sp³-hybridized carbons (Fsp3) is 0.429. The standard InChI is InChI=1S/C21H26O2/c1-21(15-16-5-3-2-4-6-16,17-7-11-19(22)12-8-17)18-9-13-20(23)14-10-18/h7-14,16,22-23H,2-6,15H2,1H3. The zero-order valence-electron chi connectivity index (χ0n) is 13.8. The fourth-order valence-electron chi connectivity index (χ4n) is 4.03. The van der Waals surface area contributed by atoms with Gasteiger partial charge in [0.2, 0.25) is 0 Å². The summed E-state index contributed by atoms with van der Waals surface area (Å²) in [5, 5.41) is 19.2. The lowest BCUT2D eigenvalue weighted by Gasteiger charge is -2.36. The molecule has 0 aliphatic heterocycles. The lowest BCUT2D eigenvalue weighted by molar-refractivity contribution is 0.291. The summed E-state index contributed by atoms with van der Waals surface area (Å²) in [7, 11) is 0. The lowest BCUT2D eigenvalue weighted by atomic mass is 9.68. The van der Waals surface area contributed by atoms with Gasteiger partial charge in [-0.2, -0.15) is 0 Å². The van der Waals surface area contributed by atoms with Gasteiger partial charge in [0.15, 0.2) is 0 Å². The zero-order chi connectivity index (χ0) is 16.3. The quantitative estimate of drug-likeness (QED) is 0.796. The van der Waals surface area contributed by atoms with Gasteiger partial charge in [0.1, 0.15) is 11.5 Å². The van der Waals surface area contributed by atoms with E-state index in [4.69, 9.17) is 0 Å².